The minimum absolute atomic E-state index is 0.343. The quantitative estimate of drug-likeness (QED) is 0.814. The molecule has 2 amide bonds. The number of carboxylic acids is 1. The maximum atomic E-state index is 12.0. The predicted octanol–water partition coefficient (Wildman–Crippen LogP) is 0.987. The molecular formula is C13H22N4O3. The summed E-state index contributed by atoms with van der Waals surface area (Å²) in [5.41, 5.74) is 1.88. The van der Waals surface area contributed by atoms with E-state index >= 15 is 0 Å². The van der Waals surface area contributed by atoms with Gasteiger partial charge in [-0.1, -0.05) is 13.8 Å². The van der Waals surface area contributed by atoms with Crippen LogP contribution in [0.2, 0.25) is 0 Å². The van der Waals surface area contributed by atoms with E-state index in [1.54, 1.807) is 11.6 Å². The molecule has 0 fully saturated rings. The first-order chi connectivity index (χ1) is 9.40. The summed E-state index contributed by atoms with van der Waals surface area (Å²) in [6, 6.07) is -1.21. The van der Waals surface area contributed by atoms with Crippen LogP contribution in [0.1, 0.15) is 31.5 Å². The zero-order chi connectivity index (χ0) is 15.3. The van der Waals surface area contributed by atoms with E-state index in [4.69, 9.17) is 5.11 Å². The van der Waals surface area contributed by atoms with Crippen LogP contribution in [0.25, 0.3) is 0 Å². The van der Waals surface area contributed by atoms with Gasteiger partial charge in [-0.3, -0.25) is 4.68 Å². The molecule has 0 aliphatic carbocycles. The highest BCUT2D eigenvalue weighted by molar-refractivity contribution is 5.82. The maximum absolute atomic E-state index is 12.0. The fourth-order valence-electron chi connectivity index (χ4n) is 2.08. The predicted molar refractivity (Wildman–Crippen MR) is 74.3 cm³/mol. The minimum Gasteiger partial charge on any atom is -0.480 e. The maximum Gasteiger partial charge on any atom is 0.326 e. The topological polar surface area (TPSA) is 87.5 Å². The van der Waals surface area contributed by atoms with Gasteiger partial charge in [-0.15, -0.1) is 0 Å². The number of rotatable bonds is 6. The van der Waals surface area contributed by atoms with Crippen molar-refractivity contribution in [3.05, 3.63) is 17.5 Å². The highest BCUT2D eigenvalue weighted by atomic mass is 16.4. The molecular weight excluding hydrogens is 260 g/mol. The number of aromatic nitrogens is 2. The van der Waals surface area contributed by atoms with E-state index in [1.807, 2.05) is 20.2 Å². The molecule has 20 heavy (non-hydrogen) atoms. The van der Waals surface area contributed by atoms with Crippen molar-refractivity contribution in [3.63, 3.8) is 0 Å². The first-order valence-electron chi connectivity index (χ1n) is 6.65. The fraction of sp³-hybridized carbons (Fsp3) is 0.615. The molecule has 0 aliphatic rings. The Morgan fingerprint density at radius 3 is 2.65 bits per heavy atom. The second kappa shape index (κ2) is 6.93. The number of nitrogens with zero attached hydrogens (tertiary/aromatic N) is 3. The normalized spacial score (nSPS) is 12.0. The highest BCUT2D eigenvalue weighted by Gasteiger charge is 2.24. The van der Waals surface area contributed by atoms with E-state index in [0.717, 1.165) is 17.7 Å². The summed E-state index contributed by atoms with van der Waals surface area (Å²) in [4.78, 5) is 24.2. The summed E-state index contributed by atoms with van der Waals surface area (Å²) in [5, 5.41) is 16.0. The Labute approximate surface area is 118 Å². The van der Waals surface area contributed by atoms with Gasteiger partial charge >= 0.3 is 12.0 Å². The third-order valence-corrected chi connectivity index (χ3v) is 3.22. The lowest BCUT2D eigenvalue weighted by Crippen LogP contribution is -2.46. The number of urea groups is 1. The number of nitrogens with one attached hydrogen (secondary N) is 1. The van der Waals surface area contributed by atoms with Crippen LogP contribution in [0.5, 0.6) is 0 Å². The van der Waals surface area contributed by atoms with Crippen molar-refractivity contribution >= 4 is 12.0 Å². The van der Waals surface area contributed by atoms with Gasteiger partial charge < -0.3 is 15.3 Å². The second-order valence-corrected chi connectivity index (χ2v) is 4.66. The van der Waals surface area contributed by atoms with Gasteiger partial charge in [0, 0.05) is 32.4 Å². The van der Waals surface area contributed by atoms with E-state index in [2.05, 4.69) is 10.4 Å². The van der Waals surface area contributed by atoms with Crippen LogP contribution in [0.3, 0.4) is 0 Å². The van der Waals surface area contributed by atoms with Crippen molar-refractivity contribution in [2.45, 2.75) is 39.3 Å². The molecule has 0 aromatic carbocycles. The highest BCUT2D eigenvalue weighted by Crippen LogP contribution is 2.08. The number of aryl methyl sites for hydroxylation is 2. The molecule has 2 N–H and O–H groups in total. The average molecular weight is 282 g/mol. The SMILES string of the molecule is CCc1nn(C)cc1CNC(=O)N(C)C(CC)C(=O)O. The summed E-state index contributed by atoms with van der Waals surface area (Å²) in [7, 11) is 3.32. The molecule has 0 saturated heterocycles. The molecule has 0 spiro atoms. The number of aliphatic carboxylic acids is 1. The standard InChI is InChI=1S/C13H22N4O3/c1-5-10-9(8-16(3)15-10)7-14-13(20)17(4)11(6-2)12(18)19/h8,11H,5-7H2,1-4H3,(H,14,20)(H,18,19). The third kappa shape index (κ3) is 3.72. The van der Waals surface area contributed by atoms with Crippen molar-refractivity contribution in [2.75, 3.05) is 7.05 Å². The number of carbonyl (C=O) groups excluding carboxylic acids is 1. The summed E-state index contributed by atoms with van der Waals surface area (Å²) in [6.45, 7) is 4.08. The lowest BCUT2D eigenvalue weighted by atomic mass is 10.2. The molecule has 7 heteroatoms. The van der Waals surface area contributed by atoms with Crippen LogP contribution >= 0.6 is 0 Å². The molecule has 0 aliphatic heterocycles. The van der Waals surface area contributed by atoms with Gasteiger partial charge in [0.1, 0.15) is 6.04 Å². The van der Waals surface area contributed by atoms with E-state index in [9.17, 15) is 9.59 Å². The number of amides is 2. The van der Waals surface area contributed by atoms with Gasteiger partial charge in [0.25, 0.3) is 0 Å². The average Bonchev–Trinajstić information content (AvgIpc) is 2.76. The van der Waals surface area contributed by atoms with Crippen LogP contribution in [0.4, 0.5) is 4.79 Å². The number of hydrogen-bond donors (Lipinski definition) is 2. The van der Waals surface area contributed by atoms with Crippen molar-refractivity contribution in [2.24, 2.45) is 7.05 Å². The van der Waals surface area contributed by atoms with Crippen LogP contribution in [-0.2, 0) is 24.8 Å². The molecule has 112 valence electrons. The first kappa shape index (κ1) is 16.0. The Balaban J connectivity index is 2.64. The molecule has 0 bridgehead atoms. The van der Waals surface area contributed by atoms with Gasteiger partial charge in [0.2, 0.25) is 0 Å². The van der Waals surface area contributed by atoms with Crippen molar-refractivity contribution in [1.29, 1.82) is 0 Å². The number of likely N-dealkylation sites (N-methyl/N-ethyl adjacent to an activating group) is 1. The molecule has 1 atom stereocenters. The minimum atomic E-state index is -0.999. The number of hydrogen-bond acceptors (Lipinski definition) is 3. The smallest absolute Gasteiger partial charge is 0.326 e. The first-order valence-corrected chi connectivity index (χ1v) is 6.65. The van der Waals surface area contributed by atoms with Gasteiger partial charge in [-0.05, 0) is 12.8 Å². The van der Waals surface area contributed by atoms with E-state index in [0.29, 0.717) is 13.0 Å². The molecule has 1 aromatic rings. The van der Waals surface area contributed by atoms with Gasteiger partial charge in [-0.2, -0.15) is 5.10 Å². The van der Waals surface area contributed by atoms with Crippen LogP contribution in [0, 0.1) is 0 Å². The Morgan fingerprint density at radius 1 is 1.50 bits per heavy atom. The van der Waals surface area contributed by atoms with E-state index < -0.39 is 18.0 Å². The molecule has 1 heterocycles. The zero-order valence-corrected chi connectivity index (χ0v) is 12.4. The second-order valence-electron chi connectivity index (χ2n) is 4.66. The monoisotopic (exact) mass is 282 g/mol. The molecule has 1 unspecified atom stereocenters. The summed E-state index contributed by atoms with van der Waals surface area (Å²) in [6.07, 6.45) is 3.01. The zero-order valence-electron chi connectivity index (χ0n) is 12.4. The van der Waals surface area contributed by atoms with Crippen molar-refractivity contribution in [1.82, 2.24) is 20.0 Å². The summed E-state index contributed by atoms with van der Waals surface area (Å²) >= 11 is 0. The lowest BCUT2D eigenvalue weighted by molar-refractivity contribution is -0.141. The Hall–Kier alpha value is -2.05. The van der Waals surface area contributed by atoms with E-state index in [-0.39, 0.29) is 0 Å². The van der Waals surface area contributed by atoms with Gasteiger partial charge in [-0.25, -0.2) is 9.59 Å². The molecule has 0 saturated carbocycles. The van der Waals surface area contributed by atoms with Crippen LogP contribution in [-0.4, -0.2) is 44.9 Å². The third-order valence-electron chi connectivity index (χ3n) is 3.22. The lowest BCUT2D eigenvalue weighted by Gasteiger charge is -2.23. The van der Waals surface area contributed by atoms with Crippen LogP contribution < -0.4 is 5.32 Å². The van der Waals surface area contributed by atoms with E-state index in [1.165, 1.54) is 11.9 Å². The number of carbonyl (C=O) groups is 2. The molecule has 1 rings (SSSR count). The Kier molecular flexibility index (Phi) is 5.54. The molecule has 7 nitrogen and oxygen atoms in total. The summed E-state index contributed by atoms with van der Waals surface area (Å²) in [5.74, 6) is -0.999. The number of carboxylic acid groups (broad SMARTS) is 1. The van der Waals surface area contributed by atoms with Gasteiger partial charge in [0.05, 0.1) is 5.69 Å². The largest absolute Gasteiger partial charge is 0.480 e. The summed E-state index contributed by atoms with van der Waals surface area (Å²) < 4.78 is 1.70. The van der Waals surface area contributed by atoms with Gasteiger partial charge in [0.15, 0.2) is 0 Å². The van der Waals surface area contributed by atoms with Crippen molar-refractivity contribution in [3.8, 4) is 0 Å². The molecule has 1 aromatic heterocycles. The van der Waals surface area contributed by atoms with Crippen molar-refractivity contribution < 1.29 is 14.7 Å². The Morgan fingerprint density at radius 2 is 2.15 bits per heavy atom. The fourth-order valence-corrected chi connectivity index (χ4v) is 2.08. The molecule has 0 radical (unpaired) electrons. The van der Waals surface area contributed by atoms with Crippen LogP contribution in [0.15, 0.2) is 6.20 Å². The Bertz CT molecular complexity index is 484.